The van der Waals surface area contributed by atoms with Gasteiger partial charge in [-0.3, -0.25) is 0 Å². The van der Waals surface area contributed by atoms with Gasteiger partial charge in [0, 0.05) is 0 Å². The first-order valence-electron chi connectivity index (χ1n) is 4.04. The summed E-state index contributed by atoms with van der Waals surface area (Å²) in [6, 6.07) is 5.76. The summed E-state index contributed by atoms with van der Waals surface area (Å²) in [7, 11) is 0. The SMILES string of the molecule is CB(O)c1csc2c(Cl)cccc12. The first-order valence-corrected chi connectivity index (χ1v) is 5.29. The molecule has 1 heterocycles. The van der Waals surface area contributed by atoms with Crippen LogP contribution in [0.5, 0.6) is 0 Å². The maximum atomic E-state index is 9.47. The van der Waals surface area contributed by atoms with Crippen molar-refractivity contribution in [2.45, 2.75) is 6.82 Å². The number of hydrogen-bond donors (Lipinski definition) is 1. The van der Waals surface area contributed by atoms with E-state index >= 15 is 0 Å². The summed E-state index contributed by atoms with van der Waals surface area (Å²) in [6.45, 7) is 1.34. The van der Waals surface area contributed by atoms with Gasteiger partial charge in [0.05, 0.1) is 9.72 Å². The number of rotatable bonds is 1. The van der Waals surface area contributed by atoms with E-state index in [-0.39, 0.29) is 0 Å². The lowest BCUT2D eigenvalue weighted by atomic mass is 9.64. The Balaban J connectivity index is 2.75. The third kappa shape index (κ3) is 1.48. The van der Waals surface area contributed by atoms with Crippen LogP contribution in [0.25, 0.3) is 10.1 Å². The number of thiophene rings is 1. The number of fused-ring (bicyclic) bond motifs is 1. The van der Waals surface area contributed by atoms with Crippen LogP contribution in [0.15, 0.2) is 23.6 Å². The molecule has 0 saturated heterocycles. The molecule has 0 fully saturated rings. The van der Waals surface area contributed by atoms with Crippen LogP contribution in [-0.2, 0) is 0 Å². The van der Waals surface area contributed by atoms with Gasteiger partial charge in [-0.25, -0.2) is 0 Å². The van der Waals surface area contributed by atoms with Gasteiger partial charge in [0.25, 0.3) is 0 Å². The molecule has 1 aromatic carbocycles. The number of hydrogen-bond acceptors (Lipinski definition) is 2. The van der Waals surface area contributed by atoms with Crippen molar-refractivity contribution in [1.82, 2.24) is 0 Å². The highest BCUT2D eigenvalue weighted by Crippen LogP contribution is 2.27. The van der Waals surface area contributed by atoms with Crippen LogP contribution in [0.1, 0.15) is 0 Å². The van der Waals surface area contributed by atoms with Crippen molar-refractivity contribution >= 4 is 45.4 Å². The van der Waals surface area contributed by atoms with Gasteiger partial charge in [-0.1, -0.05) is 30.6 Å². The molecule has 0 unspecified atom stereocenters. The molecule has 0 amide bonds. The molecule has 0 spiro atoms. The highest BCUT2D eigenvalue weighted by molar-refractivity contribution is 7.19. The first kappa shape index (κ1) is 9.07. The highest BCUT2D eigenvalue weighted by atomic mass is 35.5. The second-order valence-electron chi connectivity index (χ2n) is 2.98. The summed E-state index contributed by atoms with van der Waals surface area (Å²) in [4.78, 5) is 0. The van der Waals surface area contributed by atoms with Crippen molar-refractivity contribution < 1.29 is 5.02 Å². The van der Waals surface area contributed by atoms with Crippen molar-refractivity contribution in [2.24, 2.45) is 0 Å². The zero-order valence-corrected chi connectivity index (χ0v) is 8.69. The zero-order chi connectivity index (χ0) is 9.42. The molecule has 2 aromatic rings. The van der Waals surface area contributed by atoms with Crippen molar-refractivity contribution in [3.8, 4) is 0 Å². The normalized spacial score (nSPS) is 10.7. The van der Waals surface area contributed by atoms with E-state index in [2.05, 4.69) is 0 Å². The van der Waals surface area contributed by atoms with Crippen molar-refractivity contribution in [2.75, 3.05) is 0 Å². The standard InChI is InChI=1S/C9H8BClOS/c1-10(12)7-5-13-9-6(7)3-2-4-8(9)11/h2-5,12H,1H3. The fraction of sp³-hybridized carbons (Fsp3) is 0.111. The van der Waals surface area contributed by atoms with E-state index in [4.69, 9.17) is 11.6 Å². The van der Waals surface area contributed by atoms with E-state index < -0.39 is 6.92 Å². The average molecular weight is 210 g/mol. The third-order valence-corrected chi connectivity index (χ3v) is 3.51. The third-order valence-electron chi connectivity index (χ3n) is 2.03. The second kappa shape index (κ2) is 3.33. The van der Waals surface area contributed by atoms with Crippen LogP contribution in [0, 0.1) is 0 Å². The molecule has 0 atom stereocenters. The lowest BCUT2D eigenvalue weighted by Gasteiger charge is -1.98. The zero-order valence-electron chi connectivity index (χ0n) is 7.12. The van der Waals surface area contributed by atoms with Crippen LogP contribution < -0.4 is 5.46 Å². The van der Waals surface area contributed by atoms with E-state index in [1.54, 1.807) is 18.2 Å². The van der Waals surface area contributed by atoms with Gasteiger partial charge in [0.15, 0.2) is 0 Å². The first-order chi connectivity index (χ1) is 6.20. The molecule has 1 N–H and O–H groups in total. The molecule has 0 saturated carbocycles. The quantitative estimate of drug-likeness (QED) is 0.717. The van der Waals surface area contributed by atoms with Gasteiger partial charge >= 0.3 is 6.92 Å². The van der Waals surface area contributed by atoms with Gasteiger partial charge in [0.1, 0.15) is 0 Å². The van der Waals surface area contributed by atoms with Crippen LogP contribution >= 0.6 is 22.9 Å². The molecule has 0 aliphatic heterocycles. The average Bonchev–Trinajstić information content (AvgIpc) is 2.48. The van der Waals surface area contributed by atoms with Crippen LogP contribution in [0.3, 0.4) is 0 Å². The van der Waals surface area contributed by atoms with E-state index in [1.165, 1.54) is 0 Å². The molecule has 1 nitrogen and oxygen atoms in total. The van der Waals surface area contributed by atoms with Crippen molar-refractivity contribution in [3.63, 3.8) is 0 Å². The fourth-order valence-corrected chi connectivity index (χ4v) is 2.74. The van der Waals surface area contributed by atoms with Crippen molar-refractivity contribution in [3.05, 3.63) is 28.6 Å². The predicted molar refractivity (Wildman–Crippen MR) is 60.3 cm³/mol. The molecule has 13 heavy (non-hydrogen) atoms. The van der Waals surface area contributed by atoms with Crippen LogP contribution in [0.4, 0.5) is 0 Å². The Bertz CT molecular complexity index is 438. The van der Waals surface area contributed by atoms with Gasteiger partial charge in [-0.2, -0.15) is 0 Å². The molecular weight excluding hydrogens is 202 g/mol. The molecule has 66 valence electrons. The summed E-state index contributed by atoms with van der Waals surface area (Å²) in [5, 5.41) is 13.2. The predicted octanol–water partition coefficient (Wildman–Crippen LogP) is 2.38. The smallest absolute Gasteiger partial charge is 0.321 e. The summed E-state index contributed by atoms with van der Waals surface area (Å²) < 4.78 is 1.06. The largest absolute Gasteiger partial charge is 0.446 e. The van der Waals surface area contributed by atoms with Crippen LogP contribution in [0.2, 0.25) is 11.8 Å². The summed E-state index contributed by atoms with van der Waals surface area (Å²) in [5.41, 5.74) is 0.961. The van der Waals surface area contributed by atoms with Gasteiger partial charge < -0.3 is 5.02 Å². The van der Waals surface area contributed by atoms with Gasteiger partial charge in [0.2, 0.25) is 0 Å². The summed E-state index contributed by atoms with van der Waals surface area (Å²) in [5.74, 6) is 0. The molecule has 0 bridgehead atoms. The molecule has 2 rings (SSSR count). The van der Waals surface area contributed by atoms with Gasteiger partial charge in [-0.15, -0.1) is 11.3 Å². The van der Waals surface area contributed by atoms with E-state index in [1.807, 2.05) is 23.6 Å². The fourth-order valence-electron chi connectivity index (χ4n) is 1.37. The lowest BCUT2D eigenvalue weighted by Crippen LogP contribution is -2.24. The van der Waals surface area contributed by atoms with E-state index in [0.29, 0.717) is 0 Å². The molecule has 0 aliphatic rings. The molecule has 0 radical (unpaired) electrons. The van der Waals surface area contributed by atoms with Crippen molar-refractivity contribution in [1.29, 1.82) is 0 Å². The van der Waals surface area contributed by atoms with Crippen LogP contribution in [-0.4, -0.2) is 11.9 Å². The molecular formula is C9H8BClOS. The minimum Gasteiger partial charge on any atom is -0.446 e. The van der Waals surface area contributed by atoms with Gasteiger partial charge in [-0.05, 0) is 22.3 Å². The Morgan fingerprint density at radius 3 is 2.92 bits per heavy atom. The molecule has 1 aromatic heterocycles. The maximum Gasteiger partial charge on any atom is 0.321 e. The number of halogens is 1. The highest BCUT2D eigenvalue weighted by Gasteiger charge is 2.13. The minimum atomic E-state index is -0.424. The molecule has 0 aliphatic carbocycles. The Labute approximate surface area is 86.1 Å². The Hall–Kier alpha value is -0.505. The van der Waals surface area contributed by atoms with E-state index in [9.17, 15) is 5.02 Å². The second-order valence-corrected chi connectivity index (χ2v) is 4.27. The monoisotopic (exact) mass is 210 g/mol. The summed E-state index contributed by atoms with van der Waals surface area (Å²) >= 11 is 7.58. The molecule has 4 heteroatoms. The maximum absolute atomic E-state index is 9.47. The Morgan fingerprint density at radius 1 is 1.46 bits per heavy atom. The Kier molecular flexibility index (Phi) is 2.32. The topological polar surface area (TPSA) is 20.2 Å². The number of benzene rings is 1. The Morgan fingerprint density at radius 2 is 2.23 bits per heavy atom. The minimum absolute atomic E-state index is 0.424. The van der Waals surface area contributed by atoms with E-state index in [0.717, 1.165) is 20.6 Å². The summed E-state index contributed by atoms with van der Waals surface area (Å²) in [6.07, 6.45) is 0. The lowest BCUT2D eigenvalue weighted by molar-refractivity contribution is 0.594.